The van der Waals surface area contributed by atoms with Crippen molar-refractivity contribution in [3.05, 3.63) is 28.7 Å². The Morgan fingerprint density at radius 2 is 1.72 bits per heavy atom. The van der Waals surface area contributed by atoms with Crippen LogP contribution in [0, 0.1) is 0 Å². The predicted octanol–water partition coefficient (Wildman–Crippen LogP) is 0.978. The second-order valence-electron chi connectivity index (χ2n) is 5.92. The van der Waals surface area contributed by atoms with Gasteiger partial charge in [0.05, 0.1) is 11.5 Å². The van der Waals surface area contributed by atoms with Crippen LogP contribution >= 0.6 is 15.9 Å². The minimum absolute atomic E-state index is 0.0392. The normalized spacial score (nSPS) is 18.9. The lowest BCUT2D eigenvalue weighted by Gasteiger charge is -2.29. The molecular weight excluding hydrogens is 412 g/mol. The number of hydrogen-bond acceptors (Lipinski definition) is 5. The van der Waals surface area contributed by atoms with Crippen molar-refractivity contribution < 1.29 is 22.7 Å². The summed E-state index contributed by atoms with van der Waals surface area (Å²) >= 11 is 3.32. The third kappa shape index (κ3) is 5.71. The average Bonchev–Trinajstić information content (AvgIpc) is 2.56. The number of amides is 2. The molecule has 0 aromatic heterocycles. The molecule has 1 aliphatic heterocycles. The highest BCUT2D eigenvalue weighted by Crippen LogP contribution is 2.17. The van der Waals surface area contributed by atoms with Gasteiger partial charge in [0.2, 0.25) is 5.91 Å². The van der Waals surface area contributed by atoms with Crippen molar-refractivity contribution in [3.8, 4) is 5.75 Å². The summed E-state index contributed by atoms with van der Waals surface area (Å²) in [4.78, 5) is 26.0. The molecule has 1 saturated heterocycles. The van der Waals surface area contributed by atoms with Gasteiger partial charge >= 0.3 is 0 Å². The summed E-state index contributed by atoms with van der Waals surface area (Å²) in [6, 6.07) is 6.32. The van der Waals surface area contributed by atoms with Gasteiger partial charge in [0.15, 0.2) is 15.9 Å². The van der Waals surface area contributed by atoms with E-state index in [1.165, 1.54) is 4.90 Å². The summed E-state index contributed by atoms with van der Waals surface area (Å²) in [6.45, 7) is 3.50. The Kier molecular flexibility index (Phi) is 6.45. The molecule has 0 radical (unpaired) electrons. The number of nitrogens with one attached hydrogen (secondary N) is 1. The van der Waals surface area contributed by atoms with Gasteiger partial charge in [-0.3, -0.25) is 9.59 Å². The number of carbonyl (C=O) groups excluding carboxylic acids is 2. The first kappa shape index (κ1) is 19.7. The summed E-state index contributed by atoms with van der Waals surface area (Å²) in [7, 11) is -3.05. The van der Waals surface area contributed by atoms with Crippen molar-refractivity contribution in [1.29, 1.82) is 0 Å². The van der Waals surface area contributed by atoms with Crippen LogP contribution in [0.15, 0.2) is 28.7 Å². The highest BCUT2D eigenvalue weighted by atomic mass is 79.9. The number of rotatable bonds is 5. The molecule has 1 aromatic rings. The van der Waals surface area contributed by atoms with E-state index in [9.17, 15) is 18.0 Å². The standard InChI is InChI=1S/C16H21BrN2O5S/c1-11(16(21)19-7-9-25(22,23)10-8-19)18-15(20)12(2)24-14-5-3-13(17)4-6-14/h3-6,11-12H,7-10H2,1-2H3,(H,18,20). The van der Waals surface area contributed by atoms with Crippen LogP contribution < -0.4 is 10.1 Å². The van der Waals surface area contributed by atoms with Gasteiger partial charge < -0.3 is 15.0 Å². The summed E-state index contributed by atoms with van der Waals surface area (Å²) in [5.41, 5.74) is 0. The van der Waals surface area contributed by atoms with E-state index < -0.39 is 27.9 Å². The maximum atomic E-state index is 12.3. The maximum absolute atomic E-state index is 12.3. The molecule has 2 atom stereocenters. The van der Waals surface area contributed by atoms with Crippen LogP contribution in [0.5, 0.6) is 5.75 Å². The van der Waals surface area contributed by atoms with Gasteiger partial charge in [-0.05, 0) is 38.1 Å². The van der Waals surface area contributed by atoms with Gasteiger partial charge in [-0.2, -0.15) is 0 Å². The Labute approximate surface area is 155 Å². The van der Waals surface area contributed by atoms with Crippen molar-refractivity contribution >= 4 is 37.6 Å². The zero-order chi connectivity index (χ0) is 18.6. The molecule has 25 heavy (non-hydrogen) atoms. The van der Waals surface area contributed by atoms with E-state index in [1.807, 2.05) is 0 Å². The molecule has 138 valence electrons. The Bertz CT molecular complexity index is 721. The molecule has 1 fully saturated rings. The van der Waals surface area contributed by atoms with Crippen LogP contribution in [0.25, 0.3) is 0 Å². The van der Waals surface area contributed by atoms with Gasteiger partial charge in [0.1, 0.15) is 11.8 Å². The van der Waals surface area contributed by atoms with Crippen LogP contribution in [0.2, 0.25) is 0 Å². The predicted molar refractivity (Wildman–Crippen MR) is 97.1 cm³/mol. The molecule has 0 saturated carbocycles. The number of hydrogen-bond donors (Lipinski definition) is 1. The minimum atomic E-state index is -3.05. The van der Waals surface area contributed by atoms with E-state index >= 15 is 0 Å². The molecule has 2 amide bonds. The molecule has 2 unspecified atom stereocenters. The fourth-order valence-corrected chi connectivity index (χ4v) is 3.84. The lowest BCUT2D eigenvalue weighted by atomic mass is 10.2. The third-order valence-corrected chi connectivity index (χ3v) is 6.02. The van der Waals surface area contributed by atoms with Crippen LogP contribution in [-0.4, -0.2) is 61.9 Å². The highest BCUT2D eigenvalue weighted by molar-refractivity contribution is 9.10. The highest BCUT2D eigenvalue weighted by Gasteiger charge is 2.29. The smallest absolute Gasteiger partial charge is 0.261 e. The van der Waals surface area contributed by atoms with Gasteiger partial charge in [-0.15, -0.1) is 0 Å². The topological polar surface area (TPSA) is 92.8 Å². The third-order valence-electron chi connectivity index (χ3n) is 3.88. The largest absolute Gasteiger partial charge is 0.481 e. The first-order valence-electron chi connectivity index (χ1n) is 7.90. The van der Waals surface area contributed by atoms with E-state index in [4.69, 9.17) is 4.74 Å². The number of ether oxygens (including phenoxy) is 1. The molecule has 1 N–H and O–H groups in total. The fourth-order valence-electron chi connectivity index (χ4n) is 2.37. The van der Waals surface area contributed by atoms with E-state index in [-0.39, 0.29) is 30.5 Å². The van der Waals surface area contributed by atoms with Gasteiger partial charge in [-0.25, -0.2) is 8.42 Å². The molecule has 1 heterocycles. The average molecular weight is 433 g/mol. The van der Waals surface area contributed by atoms with Crippen molar-refractivity contribution in [1.82, 2.24) is 10.2 Å². The number of sulfone groups is 1. The molecule has 0 spiro atoms. The molecule has 2 rings (SSSR count). The summed E-state index contributed by atoms with van der Waals surface area (Å²) in [5, 5.41) is 2.62. The first-order chi connectivity index (χ1) is 11.7. The molecule has 9 heteroatoms. The van der Waals surface area contributed by atoms with Gasteiger partial charge in [-0.1, -0.05) is 15.9 Å². The van der Waals surface area contributed by atoms with Crippen molar-refractivity contribution in [2.75, 3.05) is 24.6 Å². The van der Waals surface area contributed by atoms with Gasteiger partial charge in [0, 0.05) is 17.6 Å². The minimum Gasteiger partial charge on any atom is -0.481 e. The molecule has 1 aromatic carbocycles. The van der Waals surface area contributed by atoms with Crippen molar-refractivity contribution in [2.45, 2.75) is 26.0 Å². The van der Waals surface area contributed by atoms with Crippen LogP contribution in [0.3, 0.4) is 0 Å². The van der Waals surface area contributed by atoms with E-state index in [1.54, 1.807) is 38.1 Å². The molecule has 0 aliphatic carbocycles. The lowest BCUT2D eigenvalue weighted by Crippen LogP contribution is -2.53. The van der Waals surface area contributed by atoms with Crippen LogP contribution in [-0.2, 0) is 19.4 Å². The second kappa shape index (κ2) is 8.18. The maximum Gasteiger partial charge on any atom is 0.261 e. The number of halogens is 1. The number of nitrogens with zero attached hydrogens (tertiary/aromatic N) is 1. The summed E-state index contributed by atoms with van der Waals surface area (Å²) < 4.78 is 29.3. The van der Waals surface area contributed by atoms with E-state index in [2.05, 4.69) is 21.2 Å². The number of carbonyl (C=O) groups is 2. The Balaban J connectivity index is 1.86. The van der Waals surface area contributed by atoms with Crippen LogP contribution in [0.1, 0.15) is 13.8 Å². The monoisotopic (exact) mass is 432 g/mol. The van der Waals surface area contributed by atoms with Gasteiger partial charge in [0.25, 0.3) is 5.91 Å². The first-order valence-corrected chi connectivity index (χ1v) is 10.5. The molecule has 1 aliphatic rings. The molecular formula is C16H21BrN2O5S. The lowest BCUT2D eigenvalue weighted by molar-refractivity contribution is -0.137. The second-order valence-corrected chi connectivity index (χ2v) is 9.14. The SMILES string of the molecule is CC(NC(=O)C(C)Oc1ccc(Br)cc1)C(=O)N1CCS(=O)(=O)CC1. The quantitative estimate of drug-likeness (QED) is 0.748. The van der Waals surface area contributed by atoms with Crippen LogP contribution in [0.4, 0.5) is 0 Å². The zero-order valence-corrected chi connectivity index (χ0v) is 16.5. The van der Waals surface area contributed by atoms with Crippen molar-refractivity contribution in [3.63, 3.8) is 0 Å². The number of benzene rings is 1. The van der Waals surface area contributed by atoms with E-state index in [0.717, 1.165) is 4.47 Å². The molecule has 0 bridgehead atoms. The Morgan fingerprint density at radius 1 is 1.16 bits per heavy atom. The Morgan fingerprint density at radius 3 is 2.28 bits per heavy atom. The Hall–Kier alpha value is -1.61. The summed E-state index contributed by atoms with van der Waals surface area (Å²) in [5.74, 6) is -0.233. The molecule has 7 nitrogen and oxygen atoms in total. The van der Waals surface area contributed by atoms with Crippen molar-refractivity contribution in [2.24, 2.45) is 0 Å². The zero-order valence-electron chi connectivity index (χ0n) is 14.1. The summed E-state index contributed by atoms with van der Waals surface area (Å²) in [6.07, 6.45) is -0.766. The van der Waals surface area contributed by atoms with E-state index in [0.29, 0.717) is 5.75 Å². The fraction of sp³-hybridized carbons (Fsp3) is 0.500.